The Bertz CT molecular complexity index is 496. The van der Waals surface area contributed by atoms with E-state index in [0.29, 0.717) is 11.8 Å². The zero-order valence-corrected chi connectivity index (χ0v) is 10.7. The molecule has 1 amide bonds. The molecule has 0 atom stereocenters. The molecule has 0 saturated heterocycles. The molecule has 88 valence electrons. The van der Waals surface area contributed by atoms with Gasteiger partial charge in [-0.1, -0.05) is 28.1 Å². The summed E-state index contributed by atoms with van der Waals surface area (Å²) >= 11 is 3.24. The van der Waals surface area contributed by atoms with Gasteiger partial charge in [0.05, 0.1) is 11.4 Å². The fraction of sp³-hybridized carbons (Fsp3) is 0.167. The monoisotopic (exact) mass is 293 g/mol. The SMILES string of the molecule is O=C(CCBr)Nc1ccccc1-n1cccn1. The number of aromatic nitrogens is 2. The Morgan fingerprint density at radius 1 is 1.35 bits per heavy atom. The van der Waals surface area contributed by atoms with Crippen molar-refractivity contribution in [3.05, 3.63) is 42.7 Å². The van der Waals surface area contributed by atoms with Gasteiger partial charge in [-0.15, -0.1) is 0 Å². The van der Waals surface area contributed by atoms with Crippen LogP contribution >= 0.6 is 15.9 Å². The van der Waals surface area contributed by atoms with Crippen LogP contribution < -0.4 is 5.32 Å². The minimum Gasteiger partial charge on any atom is -0.324 e. The smallest absolute Gasteiger partial charge is 0.225 e. The Kier molecular flexibility index (Phi) is 3.93. The van der Waals surface area contributed by atoms with Crippen molar-refractivity contribution in [3.63, 3.8) is 0 Å². The first-order valence-corrected chi connectivity index (χ1v) is 6.38. The Morgan fingerprint density at radius 3 is 2.88 bits per heavy atom. The van der Waals surface area contributed by atoms with Gasteiger partial charge in [0.15, 0.2) is 0 Å². The van der Waals surface area contributed by atoms with Crippen LogP contribution in [0.15, 0.2) is 42.7 Å². The number of anilines is 1. The Balaban J connectivity index is 2.25. The van der Waals surface area contributed by atoms with Crippen LogP contribution in [0.25, 0.3) is 5.69 Å². The number of alkyl halides is 1. The van der Waals surface area contributed by atoms with Gasteiger partial charge in [-0.25, -0.2) is 4.68 Å². The molecule has 5 heteroatoms. The Hall–Kier alpha value is -1.62. The second-order valence-electron chi connectivity index (χ2n) is 3.45. The summed E-state index contributed by atoms with van der Waals surface area (Å²) in [6, 6.07) is 9.42. The highest BCUT2D eigenvalue weighted by molar-refractivity contribution is 9.09. The first kappa shape index (κ1) is 11.9. The number of carbonyl (C=O) groups is 1. The molecule has 1 heterocycles. The highest BCUT2D eigenvalue weighted by atomic mass is 79.9. The van der Waals surface area contributed by atoms with Gasteiger partial charge in [-0.05, 0) is 18.2 Å². The lowest BCUT2D eigenvalue weighted by Crippen LogP contribution is -2.13. The summed E-state index contributed by atoms with van der Waals surface area (Å²) in [6.07, 6.45) is 4.00. The summed E-state index contributed by atoms with van der Waals surface area (Å²) in [6.45, 7) is 0. The standard InChI is InChI=1S/C12H12BrN3O/c13-7-6-12(17)15-10-4-1-2-5-11(10)16-9-3-8-14-16/h1-5,8-9H,6-7H2,(H,15,17). The molecule has 1 aromatic carbocycles. The zero-order valence-electron chi connectivity index (χ0n) is 9.14. The lowest BCUT2D eigenvalue weighted by Gasteiger charge is -2.10. The first-order valence-electron chi connectivity index (χ1n) is 5.26. The predicted molar refractivity (Wildman–Crippen MR) is 70.6 cm³/mol. The van der Waals surface area contributed by atoms with Crippen LogP contribution in [0, 0.1) is 0 Å². The van der Waals surface area contributed by atoms with Crippen LogP contribution in [0.2, 0.25) is 0 Å². The highest BCUT2D eigenvalue weighted by Gasteiger charge is 2.07. The van der Waals surface area contributed by atoms with Crippen LogP contribution in [-0.2, 0) is 4.79 Å². The molecule has 0 fully saturated rings. The summed E-state index contributed by atoms with van der Waals surface area (Å²) in [4.78, 5) is 11.6. The van der Waals surface area contributed by atoms with E-state index in [1.807, 2.05) is 36.5 Å². The number of hydrogen-bond donors (Lipinski definition) is 1. The average Bonchev–Trinajstić information content (AvgIpc) is 2.83. The van der Waals surface area contributed by atoms with Crippen LogP contribution in [0.4, 0.5) is 5.69 Å². The molecule has 0 saturated carbocycles. The number of carbonyl (C=O) groups excluding carboxylic acids is 1. The topological polar surface area (TPSA) is 46.9 Å². The van der Waals surface area contributed by atoms with Gasteiger partial charge in [0.1, 0.15) is 0 Å². The van der Waals surface area contributed by atoms with Gasteiger partial charge >= 0.3 is 0 Å². The second-order valence-corrected chi connectivity index (χ2v) is 4.25. The Labute approximate surface area is 108 Å². The van der Waals surface area contributed by atoms with Crippen molar-refractivity contribution in [2.24, 2.45) is 0 Å². The van der Waals surface area contributed by atoms with Gasteiger partial charge in [-0.2, -0.15) is 5.10 Å². The van der Waals surface area contributed by atoms with Gasteiger partial charge in [0, 0.05) is 24.1 Å². The fourth-order valence-corrected chi connectivity index (χ4v) is 1.85. The van der Waals surface area contributed by atoms with E-state index in [2.05, 4.69) is 26.3 Å². The molecule has 0 spiro atoms. The summed E-state index contributed by atoms with van der Waals surface area (Å²) in [5.41, 5.74) is 1.63. The second kappa shape index (κ2) is 5.63. The van der Waals surface area contributed by atoms with Crippen LogP contribution in [0.1, 0.15) is 6.42 Å². The van der Waals surface area contributed by atoms with Crippen LogP contribution in [0.3, 0.4) is 0 Å². The Morgan fingerprint density at radius 2 is 2.18 bits per heavy atom. The summed E-state index contributed by atoms with van der Waals surface area (Å²) < 4.78 is 1.73. The van der Waals surface area contributed by atoms with E-state index in [9.17, 15) is 4.79 Å². The maximum absolute atomic E-state index is 11.6. The summed E-state index contributed by atoms with van der Waals surface area (Å²) in [5.74, 6) is -0.0125. The van der Waals surface area contributed by atoms with E-state index in [4.69, 9.17) is 0 Å². The molecule has 2 rings (SSSR count). The molecule has 1 N–H and O–H groups in total. The normalized spacial score (nSPS) is 10.2. The average molecular weight is 294 g/mol. The summed E-state index contributed by atoms with van der Waals surface area (Å²) in [5, 5.41) is 7.68. The van der Waals surface area contributed by atoms with Crippen LogP contribution in [0.5, 0.6) is 0 Å². The number of benzene rings is 1. The number of nitrogens with one attached hydrogen (secondary N) is 1. The minimum atomic E-state index is -0.0125. The first-order chi connectivity index (χ1) is 8.31. The van der Waals surface area contributed by atoms with Crippen LogP contribution in [-0.4, -0.2) is 21.0 Å². The van der Waals surface area contributed by atoms with E-state index in [1.165, 1.54) is 0 Å². The molecular weight excluding hydrogens is 282 g/mol. The van der Waals surface area contributed by atoms with E-state index in [-0.39, 0.29) is 5.91 Å². The van der Waals surface area contributed by atoms with Gasteiger partial charge < -0.3 is 5.32 Å². The molecule has 17 heavy (non-hydrogen) atoms. The molecule has 2 aromatic rings. The molecule has 0 bridgehead atoms. The van der Waals surface area contributed by atoms with E-state index in [1.54, 1.807) is 10.9 Å². The minimum absolute atomic E-state index is 0.0125. The van der Waals surface area contributed by atoms with Crippen molar-refractivity contribution in [3.8, 4) is 5.69 Å². The number of rotatable bonds is 4. The highest BCUT2D eigenvalue weighted by Crippen LogP contribution is 2.19. The zero-order chi connectivity index (χ0) is 12.1. The maximum atomic E-state index is 11.6. The van der Waals surface area contributed by atoms with Crippen molar-refractivity contribution in [2.75, 3.05) is 10.6 Å². The third-order valence-corrected chi connectivity index (χ3v) is 2.65. The van der Waals surface area contributed by atoms with Crippen molar-refractivity contribution in [1.82, 2.24) is 9.78 Å². The largest absolute Gasteiger partial charge is 0.324 e. The number of halogens is 1. The van der Waals surface area contributed by atoms with E-state index >= 15 is 0 Å². The molecule has 1 aromatic heterocycles. The van der Waals surface area contributed by atoms with Crippen molar-refractivity contribution in [1.29, 1.82) is 0 Å². The quantitative estimate of drug-likeness (QED) is 0.881. The number of nitrogens with zero attached hydrogens (tertiary/aromatic N) is 2. The molecule has 0 aliphatic carbocycles. The van der Waals surface area contributed by atoms with Crippen molar-refractivity contribution >= 4 is 27.5 Å². The number of hydrogen-bond acceptors (Lipinski definition) is 2. The fourth-order valence-electron chi connectivity index (χ4n) is 1.49. The van der Waals surface area contributed by atoms with Gasteiger partial charge in [0.2, 0.25) is 5.91 Å². The van der Waals surface area contributed by atoms with Crippen molar-refractivity contribution in [2.45, 2.75) is 6.42 Å². The molecule has 0 radical (unpaired) electrons. The number of para-hydroxylation sites is 2. The predicted octanol–water partition coefficient (Wildman–Crippen LogP) is 2.60. The third kappa shape index (κ3) is 2.94. The van der Waals surface area contributed by atoms with Crippen molar-refractivity contribution < 1.29 is 4.79 Å². The molecule has 0 aliphatic rings. The molecule has 0 unspecified atom stereocenters. The molecule has 0 aliphatic heterocycles. The lowest BCUT2D eigenvalue weighted by molar-refractivity contribution is -0.115. The third-order valence-electron chi connectivity index (χ3n) is 2.25. The van der Waals surface area contributed by atoms with Gasteiger partial charge in [0.25, 0.3) is 0 Å². The molecular formula is C12H12BrN3O. The summed E-state index contributed by atoms with van der Waals surface area (Å²) in [7, 11) is 0. The van der Waals surface area contributed by atoms with E-state index in [0.717, 1.165) is 11.4 Å². The maximum Gasteiger partial charge on any atom is 0.225 e. The molecule has 4 nitrogen and oxygen atoms in total. The lowest BCUT2D eigenvalue weighted by atomic mass is 10.2. The van der Waals surface area contributed by atoms with Gasteiger partial charge in [-0.3, -0.25) is 4.79 Å². The van der Waals surface area contributed by atoms with E-state index < -0.39 is 0 Å². The number of amides is 1.